The summed E-state index contributed by atoms with van der Waals surface area (Å²) >= 11 is 5.86. The lowest BCUT2D eigenvalue weighted by Gasteiger charge is -2.08. The van der Waals surface area contributed by atoms with Gasteiger partial charge in [0.05, 0.1) is 11.6 Å². The topological polar surface area (TPSA) is 41.5 Å². The SMILES string of the molecule is CNCc1cc(COC)cc(Cl)c1O. The van der Waals surface area contributed by atoms with Gasteiger partial charge in [0.25, 0.3) is 0 Å². The lowest BCUT2D eigenvalue weighted by molar-refractivity contribution is 0.185. The Bertz CT molecular complexity index is 315. The zero-order chi connectivity index (χ0) is 10.6. The largest absolute Gasteiger partial charge is 0.506 e. The molecular weight excluding hydrogens is 202 g/mol. The Morgan fingerprint density at radius 2 is 2.21 bits per heavy atom. The van der Waals surface area contributed by atoms with Crippen molar-refractivity contribution in [1.82, 2.24) is 5.32 Å². The lowest BCUT2D eigenvalue weighted by Crippen LogP contribution is -2.06. The summed E-state index contributed by atoms with van der Waals surface area (Å²) in [5.41, 5.74) is 1.74. The van der Waals surface area contributed by atoms with Crippen molar-refractivity contribution in [3.63, 3.8) is 0 Å². The van der Waals surface area contributed by atoms with Crippen LogP contribution in [0.3, 0.4) is 0 Å². The highest BCUT2D eigenvalue weighted by Gasteiger charge is 2.07. The van der Waals surface area contributed by atoms with Crippen LogP contribution in [0.5, 0.6) is 5.75 Å². The van der Waals surface area contributed by atoms with Gasteiger partial charge in [-0.25, -0.2) is 0 Å². The Hall–Kier alpha value is -0.770. The monoisotopic (exact) mass is 215 g/mol. The summed E-state index contributed by atoms with van der Waals surface area (Å²) in [4.78, 5) is 0. The third-order valence-corrected chi connectivity index (χ3v) is 2.17. The van der Waals surface area contributed by atoms with E-state index in [0.29, 0.717) is 18.2 Å². The number of halogens is 1. The molecule has 4 heteroatoms. The molecule has 0 spiro atoms. The molecule has 1 rings (SSSR count). The summed E-state index contributed by atoms with van der Waals surface area (Å²) < 4.78 is 5.00. The fourth-order valence-electron chi connectivity index (χ4n) is 1.29. The predicted octanol–water partition coefficient (Wildman–Crippen LogP) is 1.91. The van der Waals surface area contributed by atoms with Crippen LogP contribution in [0.25, 0.3) is 0 Å². The molecule has 0 saturated carbocycles. The second-order valence-electron chi connectivity index (χ2n) is 3.05. The second-order valence-corrected chi connectivity index (χ2v) is 3.46. The molecule has 1 aromatic rings. The van der Waals surface area contributed by atoms with E-state index in [4.69, 9.17) is 16.3 Å². The van der Waals surface area contributed by atoms with Crippen molar-refractivity contribution in [3.8, 4) is 5.75 Å². The van der Waals surface area contributed by atoms with Gasteiger partial charge in [-0.05, 0) is 24.7 Å². The second kappa shape index (κ2) is 5.20. The third-order valence-electron chi connectivity index (χ3n) is 1.88. The van der Waals surface area contributed by atoms with E-state index in [1.54, 1.807) is 13.2 Å². The van der Waals surface area contributed by atoms with Crippen LogP contribution in [0.4, 0.5) is 0 Å². The molecule has 0 radical (unpaired) electrons. The van der Waals surface area contributed by atoms with Crippen LogP contribution >= 0.6 is 11.6 Å². The molecule has 3 nitrogen and oxygen atoms in total. The van der Waals surface area contributed by atoms with Gasteiger partial charge in [0.1, 0.15) is 5.75 Å². The molecule has 2 N–H and O–H groups in total. The van der Waals surface area contributed by atoms with Crippen molar-refractivity contribution in [2.75, 3.05) is 14.2 Å². The number of aromatic hydroxyl groups is 1. The minimum atomic E-state index is 0.140. The average molecular weight is 216 g/mol. The van der Waals surface area contributed by atoms with Gasteiger partial charge in [0.2, 0.25) is 0 Å². The van der Waals surface area contributed by atoms with E-state index in [-0.39, 0.29) is 5.75 Å². The van der Waals surface area contributed by atoms with Crippen LogP contribution < -0.4 is 5.32 Å². The molecule has 0 fully saturated rings. The van der Waals surface area contributed by atoms with Crippen LogP contribution in [-0.2, 0) is 17.9 Å². The van der Waals surface area contributed by atoms with Crippen LogP contribution in [0, 0.1) is 0 Å². The van der Waals surface area contributed by atoms with Crippen molar-refractivity contribution in [2.45, 2.75) is 13.2 Å². The normalized spacial score (nSPS) is 10.5. The van der Waals surface area contributed by atoms with Gasteiger partial charge in [-0.2, -0.15) is 0 Å². The van der Waals surface area contributed by atoms with Crippen LogP contribution in [0.15, 0.2) is 12.1 Å². The number of rotatable bonds is 4. The molecule has 0 aromatic heterocycles. The molecule has 0 amide bonds. The highest BCUT2D eigenvalue weighted by atomic mass is 35.5. The molecule has 78 valence electrons. The molecule has 0 heterocycles. The number of methoxy groups -OCH3 is 1. The summed E-state index contributed by atoms with van der Waals surface area (Å²) in [5, 5.41) is 12.9. The molecule has 0 bridgehead atoms. The van der Waals surface area contributed by atoms with E-state index in [2.05, 4.69) is 5.32 Å². The molecule has 14 heavy (non-hydrogen) atoms. The van der Waals surface area contributed by atoms with Gasteiger partial charge in [0.15, 0.2) is 0 Å². The fraction of sp³-hybridized carbons (Fsp3) is 0.400. The quantitative estimate of drug-likeness (QED) is 0.806. The van der Waals surface area contributed by atoms with Crippen LogP contribution in [0.2, 0.25) is 5.02 Å². The molecule has 0 aliphatic heterocycles. The first-order valence-corrected chi connectivity index (χ1v) is 4.70. The molecule has 0 unspecified atom stereocenters. The van der Waals surface area contributed by atoms with E-state index < -0.39 is 0 Å². The van der Waals surface area contributed by atoms with E-state index >= 15 is 0 Å². The van der Waals surface area contributed by atoms with E-state index in [1.807, 2.05) is 13.1 Å². The fourth-order valence-corrected chi connectivity index (χ4v) is 1.56. The summed E-state index contributed by atoms with van der Waals surface area (Å²) in [5.74, 6) is 0.140. The first-order chi connectivity index (χ1) is 6.69. The van der Waals surface area contributed by atoms with Crippen molar-refractivity contribution in [2.24, 2.45) is 0 Å². The van der Waals surface area contributed by atoms with Crippen LogP contribution in [-0.4, -0.2) is 19.3 Å². The van der Waals surface area contributed by atoms with Gasteiger partial charge < -0.3 is 15.2 Å². The maximum Gasteiger partial charge on any atom is 0.138 e. The summed E-state index contributed by atoms with van der Waals surface area (Å²) in [6.45, 7) is 1.08. The summed E-state index contributed by atoms with van der Waals surface area (Å²) in [6, 6.07) is 3.58. The zero-order valence-electron chi connectivity index (χ0n) is 8.30. The number of hydrogen-bond donors (Lipinski definition) is 2. The number of phenolic OH excluding ortho intramolecular Hbond substituents is 1. The van der Waals surface area contributed by atoms with E-state index in [0.717, 1.165) is 11.1 Å². The summed E-state index contributed by atoms with van der Waals surface area (Å²) in [6.07, 6.45) is 0. The molecule has 0 aliphatic rings. The van der Waals surface area contributed by atoms with Crippen molar-refractivity contribution in [1.29, 1.82) is 0 Å². The maximum absolute atomic E-state index is 9.61. The number of ether oxygens (including phenoxy) is 1. The lowest BCUT2D eigenvalue weighted by atomic mass is 10.1. The Kier molecular flexibility index (Phi) is 4.20. The standard InChI is InChI=1S/C10H14ClNO2/c1-12-5-8-3-7(6-14-2)4-9(11)10(8)13/h3-4,12-13H,5-6H2,1-2H3. The van der Waals surface area contributed by atoms with Gasteiger partial charge in [-0.15, -0.1) is 0 Å². The Morgan fingerprint density at radius 1 is 1.50 bits per heavy atom. The van der Waals surface area contributed by atoms with Crippen molar-refractivity contribution in [3.05, 3.63) is 28.3 Å². The Balaban J connectivity index is 3.01. The average Bonchev–Trinajstić information content (AvgIpc) is 2.14. The Morgan fingerprint density at radius 3 is 2.79 bits per heavy atom. The van der Waals surface area contributed by atoms with E-state index in [1.165, 1.54) is 0 Å². The van der Waals surface area contributed by atoms with E-state index in [9.17, 15) is 5.11 Å². The van der Waals surface area contributed by atoms with Gasteiger partial charge in [-0.1, -0.05) is 11.6 Å². The highest BCUT2D eigenvalue weighted by Crippen LogP contribution is 2.29. The molecular formula is C10H14ClNO2. The molecule has 1 aromatic carbocycles. The van der Waals surface area contributed by atoms with Crippen molar-refractivity contribution < 1.29 is 9.84 Å². The number of nitrogens with one attached hydrogen (secondary N) is 1. The first kappa shape index (κ1) is 11.3. The minimum absolute atomic E-state index is 0.140. The third kappa shape index (κ3) is 2.61. The molecule has 0 atom stereocenters. The smallest absolute Gasteiger partial charge is 0.138 e. The van der Waals surface area contributed by atoms with Crippen molar-refractivity contribution >= 4 is 11.6 Å². The number of hydrogen-bond acceptors (Lipinski definition) is 3. The summed E-state index contributed by atoms with van der Waals surface area (Å²) in [7, 11) is 3.44. The van der Waals surface area contributed by atoms with Gasteiger partial charge >= 0.3 is 0 Å². The molecule has 0 aliphatic carbocycles. The maximum atomic E-state index is 9.61. The predicted molar refractivity (Wildman–Crippen MR) is 56.6 cm³/mol. The minimum Gasteiger partial charge on any atom is -0.506 e. The molecule has 0 saturated heterocycles. The Labute approximate surface area is 88.7 Å². The first-order valence-electron chi connectivity index (χ1n) is 4.32. The number of benzene rings is 1. The van der Waals surface area contributed by atoms with Gasteiger partial charge in [-0.3, -0.25) is 0 Å². The number of phenols is 1. The highest BCUT2D eigenvalue weighted by molar-refractivity contribution is 6.32. The zero-order valence-corrected chi connectivity index (χ0v) is 9.06. The van der Waals surface area contributed by atoms with Crippen LogP contribution in [0.1, 0.15) is 11.1 Å². The van der Waals surface area contributed by atoms with Gasteiger partial charge in [0, 0.05) is 19.2 Å².